The fourth-order valence-corrected chi connectivity index (χ4v) is 2.80. The third kappa shape index (κ3) is 2.78. The van der Waals surface area contributed by atoms with Gasteiger partial charge in [-0.2, -0.15) is 0 Å². The van der Waals surface area contributed by atoms with E-state index in [4.69, 9.17) is 11.6 Å². The summed E-state index contributed by atoms with van der Waals surface area (Å²) >= 11 is 6.31. The molecule has 5 heteroatoms. The van der Waals surface area contributed by atoms with Crippen molar-refractivity contribution in [2.24, 2.45) is 5.92 Å². The molecule has 2 heterocycles. The van der Waals surface area contributed by atoms with E-state index in [0.717, 1.165) is 34.9 Å². The van der Waals surface area contributed by atoms with E-state index in [2.05, 4.69) is 15.3 Å². The molecule has 1 aliphatic rings. The molecule has 1 N–H and O–H groups in total. The number of pyridine rings is 2. The van der Waals surface area contributed by atoms with Gasteiger partial charge >= 0.3 is 0 Å². The third-order valence-electron chi connectivity index (χ3n) is 3.98. The molecule has 0 radical (unpaired) electrons. The number of benzene rings is 1. The van der Waals surface area contributed by atoms with Crippen LogP contribution in [0.25, 0.3) is 22.0 Å². The Morgan fingerprint density at radius 3 is 2.78 bits per heavy atom. The van der Waals surface area contributed by atoms with Crippen molar-refractivity contribution in [1.82, 2.24) is 9.97 Å². The largest absolute Gasteiger partial charge is 0.310 e. The first-order valence-electron chi connectivity index (χ1n) is 7.53. The lowest BCUT2D eigenvalue weighted by molar-refractivity contribution is -0.117. The Labute approximate surface area is 138 Å². The molecule has 0 aliphatic heterocycles. The van der Waals surface area contributed by atoms with Gasteiger partial charge in [-0.1, -0.05) is 29.8 Å². The second kappa shape index (κ2) is 5.63. The smallest absolute Gasteiger partial charge is 0.228 e. The predicted octanol–water partition coefficient (Wildman–Crippen LogP) is 4.30. The van der Waals surface area contributed by atoms with Crippen LogP contribution in [-0.2, 0) is 4.79 Å². The Morgan fingerprint density at radius 1 is 1.17 bits per heavy atom. The second-order valence-electron chi connectivity index (χ2n) is 5.69. The number of rotatable bonds is 3. The van der Waals surface area contributed by atoms with Crippen LogP contribution in [-0.4, -0.2) is 15.9 Å². The molecule has 1 aromatic carbocycles. The Hall–Kier alpha value is -2.46. The zero-order chi connectivity index (χ0) is 15.8. The van der Waals surface area contributed by atoms with Gasteiger partial charge < -0.3 is 5.32 Å². The topological polar surface area (TPSA) is 54.9 Å². The molecule has 1 fully saturated rings. The standard InChI is InChI=1S/C18H14ClN3O/c19-15-4-2-1-3-13(15)17-14-9-16(22-18(23)11-5-6-11)21-10-12(14)7-8-20-17/h1-4,7-11H,5-6H2,(H,21,22,23). The van der Waals surface area contributed by atoms with E-state index in [1.54, 1.807) is 12.4 Å². The van der Waals surface area contributed by atoms with Gasteiger partial charge in [0.2, 0.25) is 5.91 Å². The first kappa shape index (κ1) is 14.2. The van der Waals surface area contributed by atoms with Crippen molar-refractivity contribution in [2.45, 2.75) is 12.8 Å². The number of hydrogen-bond donors (Lipinski definition) is 1. The summed E-state index contributed by atoms with van der Waals surface area (Å²) in [6.45, 7) is 0. The maximum atomic E-state index is 11.9. The van der Waals surface area contributed by atoms with E-state index in [0.29, 0.717) is 10.8 Å². The molecule has 0 unspecified atom stereocenters. The van der Waals surface area contributed by atoms with Crippen LogP contribution >= 0.6 is 11.6 Å². The Kier molecular flexibility index (Phi) is 3.46. The number of carbonyl (C=O) groups excluding carboxylic acids is 1. The monoisotopic (exact) mass is 323 g/mol. The summed E-state index contributed by atoms with van der Waals surface area (Å²) in [6.07, 6.45) is 5.42. The number of fused-ring (bicyclic) bond motifs is 1. The van der Waals surface area contributed by atoms with E-state index in [1.807, 2.05) is 36.4 Å². The highest BCUT2D eigenvalue weighted by atomic mass is 35.5. The molecule has 0 bridgehead atoms. The van der Waals surface area contributed by atoms with Crippen LogP contribution in [0.1, 0.15) is 12.8 Å². The summed E-state index contributed by atoms with van der Waals surface area (Å²) in [4.78, 5) is 20.7. The first-order valence-corrected chi connectivity index (χ1v) is 7.91. The van der Waals surface area contributed by atoms with E-state index >= 15 is 0 Å². The van der Waals surface area contributed by atoms with Crippen LogP contribution in [0.5, 0.6) is 0 Å². The summed E-state index contributed by atoms with van der Waals surface area (Å²) < 4.78 is 0. The zero-order valence-electron chi connectivity index (χ0n) is 12.3. The summed E-state index contributed by atoms with van der Waals surface area (Å²) in [6, 6.07) is 11.4. The number of nitrogens with one attached hydrogen (secondary N) is 1. The minimum Gasteiger partial charge on any atom is -0.310 e. The summed E-state index contributed by atoms with van der Waals surface area (Å²) in [5.74, 6) is 0.736. The van der Waals surface area contributed by atoms with Crippen molar-refractivity contribution in [1.29, 1.82) is 0 Å². The normalized spacial score (nSPS) is 14.0. The number of halogens is 1. The van der Waals surface area contributed by atoms with Crippen molar-refractivity contribution in [3.05, 3.63) is 53.8 Å². The van der Waals surface area contributed by atoms with Gasteiger partial charge in [-0.3, -0.25) is 9.78 Å². The van der Waals surface area contributed by atoms with Gasteiger partial charge in [0.15, 0.2) is 0 Å². The Morgan fingerprint density at radius 2 is 2.00 bits per heavy atom. The number of hydrogen-bond acceptors (Lipinski definition) is 3. The van der Waals surface area contributed by atoms with E-state index in [9.17, 15) is 4.79 Å². The van der Waals surface area contributed by atoms with Gasteiger partial charge in [0, 0.05) is 39.7 Å². The van der Waals surface area contributed by atoms with Crippen molar-refractivity contribution in [3.63, 3.8) is 0 Å². The molecule has 2 aromatic heterocycles. The minimum absolute atomic E-state index is 0.0417. The number of anilines is 1. The van der Waals surface area contributed by atoms with Gasteiger partial charge in [0.1, 0.15) is 5.82 Å². The van der Waals surface area contributed by atoms with Gasteiger partial charge in [0.25, 0.3) is 0 Å². The van der Waals surface area contributed by atoms with Gasteiger partial charge in [-0.25, -0.2) is 4.98 Å². The fraction of sp³-hybridized carbons (Fsp3) is 0.167. The average Bonchev–Trinajstić information content (AvgIpc) is 3.40. The lowest BCUT2D eigenvalue weighted by Gasteiger charge is -2.09. The fourth-order valence-electron chi connectivity index (χ4n) is 2.58. The minimum atomic E-state index is 0.0417. The molecule has 0 atom stereocenters. The van der Waals surface area contributed by atoms with Gasteiger partial charge in [-0.15, -0.1) is 0 Å². The summed E-state index contributed by atoms with van der Waals surface area (Å²) in [5.41, 5.74) is 1.66. The highest BCUT2D eigenvalue weighted by Crippen LogP contribution is 2.33. The lowest BCUT2D eigenvalue weighted by Crippen LogP contribution is -2.14. The van der Waals surface area contributed by atoms with E-state index in [-0.39, 0.29) is 11.8 Å². The van der Waals surface area contributed by atoms with Crippen molar-refractivity contribution in [2.75, 3.05) is 5.32 Å². The average molecular weight is 324 g/mol. The van der Waals surface area contributed by atoms with Crippen molar-refractivity contribution in [3.8, 4) is 11.3 Å². The van der Waals surface area contributed by atoms with Crippen LogP contribution in [0.2, 0.25) is 5.02 Å². The van der Waals surface area contributed by atoms with Gasteiger partial charge in [-0.05, 0) is 31.0 Å². The van der Waals surface area contributed by atoms with Crippen LogP contribution in [0, 0.1) is 5.92 Å². The van der Waals surface area contributed by atoms with Crippen molar-refractivity contribution < 1.29 is 4.79 Å². The highest BCUT2D eigenvalue weighted by Gasteiger charge is 2.29. The Balaban J connectivity index is 1.81. The number of nitrogens with zero attached hydrogens (tertiary/aromatic N) is 2. The third-order valence-corrected chi connectivity index (χ3v) is 4.31. The molecule has 3 aromatic rings. The molecule has 4 nitrogen and oxygen atoms in total. The second-order valence-corrected chi connectivity index (χ2v) is 6.10. The predicted molar refractivity (Wildman–Crippen MR) is 91.3 cm³/mol. The number of amides is 1. The molecule has 114 valence electrons. The molecule has 23 heavy (non-hydrogen) atoms. The van der Waals surface area contributed by atoms with Crippen LogP contribution < -0.4 is 5.32 Å². The quantitative estimate of drug-likeness (QED) is 0.782. The van der Waals surface area contributed by atoms with Crippen LogP contribution in [0.3, 0.4) is 0 Å². The van der Waals surface area contributed by atoms with Crippen LogP contribution in [0.15, 0.2) is 48.8 Å². The van der Waals surface area contributed by atoms with Crippen LogP contribution in [0.4, 0.5) is 5.82 Å². The summed E-state index contributed by atoms with van der Waals surface area (Å²) in [7, 11) is 0. The molecular weight excluding hydrogens is 310 g/mol. The molecule has 0 saturated heterocycles. The molecule has 0 spiro atoms. The first-order chi connectivity index (χ1) is 11.2. The highest BCUT2D eigenvalue weighted by molar-refractivity contribution is 6.33. The molecular formula is C18H14ClN3O. The molecule has 4 rings (SSSR count). The molecule has 1 aliphatic carbocycles. The van der Waals surface area contributed by atoms with E-state index < -0.39 is 0 Å². The molecule has 1 amide bonds. The van der Waals surface area contributed by atoms with E-state index in [1.165, 1.54) is 0 Å². The van der Waals surface area contributed by atoms with Crippen molar-refractivity contribution >= 4 is 34.1 Å². The zero-order valence-corrected chi connectivity index (χ0v) is 13.0. The van der Waals surface area contributed by atoms with Gasteiger partial charge in [0.05, 0.1) is 5.69 Å². The number of aromatic nitrogens is 2. The Bertz CT molecular complexity index is 906. The molecule has 1 saturated carbocycles. The lowest BCUT2D eigenvalue weighted by atomic mass is 10.1. The maximum Gasteiger partial charge on any atom is 0.228 e. The maximum absolute atomic E-state index is 11.9. The summed E-state index contributed by atoms with van der Waals surface area (Å²) in [5, 5.41) is 5.40. The number of carbonyl (C=O) groups is 1. The SMILES string of the molecule is O=C(Nc1cc2c(-c3ccccc3Cl)nccc2cn1)C1CC1.